The number of anilines is 1. The third-order valence-electron chi connectivity index (χ3n) is 4.77. The molecule has 0 radical (unpaired) electrons. The molecule has 0 aliphatic carbocycles. The average Bonchev–Trinajstić information content (AvgIpc) is 3.24. The maximum Gasteiger partial charge on any atom is 0.145 e. The van der Waals surface area contributed by atoms with E-state index in [1.54, 1.807) is 23.7 Å². The van der Waals surface area contributed by atoms with Crippen molar-refractivity contribution in [3.63, 3.8) is 0 Å². The van der Waals surface area contributed by atoms with Gasteiger partial charge in [-0.05, 0) is 18.4 Å². The van der Waals surface area contributed by atoms with Crippen molar-refractivity contribution in [2.75, 3.05) is 31.6 Å². The van der Waals surface area contributed by atoms with Crippen LogP contribution in [0.1, 0.15) is 17.8 Å². The lowest BCUT2D eigenvalue weighted by atomic mass is 10.1. The number of nitrogens with zero attached hydrogens (tertiary/aromatic N) is 3. The van der Waals surface area contributed by atoms with Gasteiger partial charge in [0.2, 0.25) is 0 Å². The van der Waals surface area contributed by atoms with E-state index in [-0.39, 0.29) is 6.10 Å². The van der Waals surface area contributed by atoms with E-state index in [2.05, 4.69) is 51.8 Å². The molecule has 4 rings (SSSR count). The van der Waals surface area contributed by atoms with Gasteiger partial charge in [0.1, 0.15) is 5.82 Å². The normalized spacial score (nSPS) is 18.9. The summed E-state index contributed by atoms with van der Waals surface area (Å²) in [5, 5.41) is 5.65. The van der Waals surface area contributed by atoms with E-state index in [0.717, 1.165) is 43.3 Å². The van der Waals surface area contributed by atoms with Gasteiger partial charge in [0.15, 0.2) is 0 Å². The van der Waals surface area contributed by atoms with Crippen LogP contribution in [0.4, 0.5) is 5.82 Å². The molecule has 1 fully saturated rings. The standard InChI is InChI=1S/C21H24N4OS/c1-16-15-25(9-10-26-16)19(20-8-5-11-27-20)13-23-21-14-22-12-18(24-21)17-6-3-2-4-7-17/h2-8,11-12,14,16,19H,9-10,13,15H2,1H3,(H,23,24). The molecule has 2 atom stereocenters. The van der Waals surface area contributed by atoms with E-state index in [1.807, 2.05) is 18.2 Å². The van der Waals surface area contributed by atoms with Crippen molar-refractivity contribution in [2.24, 2.45) is 0 Å². The molecule has 1 N–H and O–H groups in total. The van der Waals surface area contributed by atoms with Crippen LogP contribution < -0.4 is 5.32 Å². The van der Waals surface area contributed by atoms with Crippen LogP contribution in [0.3, 0.4) is 0 Å². The second kappa shape index (κ2) is 8.61. The van der Waals surface area contributed by atoms with E-state index >= 15 is 0 Å². The first-order valence-electron chi connectivity index (χ1n) is 9.30. The topological polar surface area (TPSA) is 50.3 Å². The summed E-state index contributed by atoms with van der Waals surface area (Å²) in [5.74, 6) is 0.805. The molecule has 0 spiro atoms. The molecule has 1 aromatic carbocycles. The number of aromatic nitrogens is 2. The van der Waals surface area contributed by atoms with Gasteiger partial charge < -0.3 is 10.1 Å². The van der Waals surface area contributed by atoms with E-state index in [9.17, 15) is 0 Å². The predicted octanol–water partition coefficient (Wildman–Crippen LogP) is 4.08. The molecule has 0 bridgehead atoms. The number of morpholine rings is 1. The van der Waals surface area contributed by atoms with Gasteiger partial charge in [-0.2, -0.15) is 0 Å². The van der Waals surface area contributed by atoms with Gasteiger partial charge in [0.25, 0.3) is 0 Å². The van der Waals surface area contributed by atoms with Crippen molar-refractivity contribution in [1.29, 1.82) is 0 Å². The predicted molar refractivity (Wildman–Crippen MR) is 110 cm³/mol. The van der Waals surface area contributed by atoms with Crippen LogP contribution in [-0.2, 0) is 4.74 Å². The van der Waals surface area contributed by atoms with Crippen LogP contribution in [0.15, 0.2) is 60.2 Å². The highest BCUT2D eigenvalue weighted by atomic mass is 32.1. The van der Waals surface area contributed by atoms with Gasteiger partial charge in [-0.25, -0.2) is 4.98 Å². The van der Waals surface area contributed by atoms with Crippen LogP contribution >= 0.6 is 11.3 Å². The zero-order valence-corrected chi connectivity index (χ0v) is 16.2. The van der Waals surface area contributed by atoms with Crippen LogP contribution in [0.5, 0.6) is 0 Å². The van der Waals surface area contributed by atoms with Gasteiger partial charge in [0.05, 0.1) is 36.8 Å². The summed E-state index contributed by atoms with van der Waals surface area (Å²) >= 11 is 1.80. The van der Waals surface area contributed by atoms with Crippen molar-refractivity contribution in [3.05, 3.63) is 65.1 Å². The molecule has 2 unspecified atom stereocenters. The molecule has 0 amide bonds. The highest BCUT2D eigenvalue weighted by molar-refractivity contribution is 7.10. The van der Waals surface area contributed by atoms with Gasteiger partial charge in [-0.3, -0.25) is 9.88 Å². The van der Waals surface area contributed by atoms with Gasteiger partial charge in [-0.15, -0.1) is 11.3 Å². The Morgan fingerprint density at radius 1 is 1.22 bits per heavy atom. The molecule has 1 aliphatic heterocycles. The minimum absolute atomic E-state index is 0.266. The van der Waals surface area contributed by atoms with Gasteiger partial charge >= 0.3 is 0 Å². The van der Waals surface area contributed by atoms with E-state index in [0.29, 0.717) is 6.04 Å². The SMILES string of the molecule is CC1CN(C(CNc2cncc(-c3ccccc3)n2)c2cccs2)CCO1. The van der Waals surface area contributed by atoms with Gasteiger partial charge in [0, 0.05) is 30.1 Å². The van der Waals surface area contributed by atoms with Crippen molar-refractivity contribution in [3.8, 4) is 11.3 Å². The van der Waals surface area contributed by atoms with Crippen molar-refractivity contribution in [1.82, 2.24) is 14.9 Å². The number of hydrogen-bond donors (Lipinski definition) is 1. The lowest BCUT2D eigenvalue weighted by Crippen LogP contribution is -2.44. The second-order valence-corrected chi connectivity index (χ2v) is 7.72. The molecule has 2 aromatic heterocycles. The Morgan fingerprint density at radius 2 is 2.11 bits per heavy atom. The smallest absolute Gasteiger partial charge is 0.145 e. The zero-order chi connectivity index (χ0) is 18.5. The minimum atomic E-state index is 0.266. The maximum atomic E-state index is 5.72. The first-order valence-corrected chi connectivity index (χ1v) is 10.2. The van der Waals surface area contributed by atoms with Crippen LogP contribution in [0.2, 0.25) is 0 Å². The fourth-order valence-corrected chi connectivity index (χ4v) is 4.28. The average molecular weight is 381 g/mol. The van der Waals surface area contributed by atoms with Crippen LogP contribution in [0.25, 0.3) is 11.3 Å². The van der Waals surface area contributed by atoms with Crippen molar-refractivity contribution in [2.45, 2.75) is 19.1 Å². The Hall–Kier alpha value is -2.28. The number of ether oxygens (including phenoxy) is 1. The Balaban J connectivity index is 1.49. The lowest BCUT2D eigenvalue weighted by molar-refractivity contribution is -0.0322. The minimum Gasteiger partial charge on any atom is -0.376 e. The molecule has 1 saturated heterocycles. The maximum absolute atomic E-state index is 5.72. The first-order chi connectivity index (χ1) is 13.3. The molecule has 0 saturated carbocycles. The molecule has 3 aromatic rings. The number of thiophene rings is 1. The molecular formula is C21H24N4OS. The molecule has 140 valence electrons. The fourth-order valence-electron chi connectivity index (χ4n) is 3.42. The summed E-state index contributed by atoms with van der Waals surface area (Å²) in [6.45, 7) is 5.61. The summed E-state index contributed by atoms with van der Waals surface area (Å²) in [5.41, 5.74) is 1.96. The highest BCUT2D eigenvalue weighted by Gasteiger charge is 2.26. The summed E-state index contributed by atoms with van der Waals surface area (Å²) in [6, 6.07) is 14.8. The summed E-state index contributed by atoms with van der Waals surface area (Å²) < 4.78 is 5.72. The lowest BCUT2D eigenvalue weighted by Gasteiger charge is -2.37. The Morgan fingerprint density at radius 3 is 2.89 bits per heavy atom. The number of hydrogen-bond acceptors (Lipinski definition) is 6. The third kappa shape index (κ3) is 4.53. The molecule has 6 heteroatoms. The molecule has 5 nitrogen and oxygen atoms in total. The van der Waals surface area contributed by atoms with Crippen molar-refractivity contribution >= 4 is 17.2 Å². The number of benzene rings is 1. The summed E-state index contributed by atoms with van der Waals surface area (Å²) in [6.07, 6.45) is 3.86. The Labute approximate surface area is 164 Å². The number of rotatable bonds is 6. The Bertz CT molecular complexity index is 840. The third-order valence-corrected chi connectivity index (χ3v) is 5.74. The fraction of sp³-hybridized carbons (Fsp3) is 0.333. The molecule has 3 heterocycles. The zero-order valence-electron chi connectivity index (χ0n) is 15.4. The molecule has 1 aliphatic rings. The van der Waals surface area contributed by atoms with E-state index in [1.165, 1.54) is 4.88 Å². The summed E-state index contributed by atoms with van der Waals surface area (Å²) in [4.78, 5) is 13.0. The van der Waals surface area contributed by atoms with Crippen molar-refractivity contribution < 1.29 is 4.74 Å². The Kier molecular flexibility index (Phi) is 5.77. The highest BCUT2D eigenvalue weighted by Crippen LogP contribution is 2.27. The van der Waals surface area contributed by atoms with E-state index < -0.39 is 0 Å². The monoisotopic (exact) mass is 380 g/mol. The molecular weight excluding hydrogens is 356 g/mol. The van der Waals surface area contributed by atoms with Gasteiger partial charge in [-0.1, -0.05) is 36.4 Å². The molecule has 27 heavy (non-hydrogen) atoms. The quantitative estimate of drug-likeness (QED) is 0.698. The largest absolute Gasteiger partial charge is 0.376 e. The summed E-state index contributed by atoms with van der Waals surface area (Å²) in [7, 11) is 0. The van der Waals surface area contributed by atoms with Crippen LogP contribution in [0, 0.1) is 0 Å². The first kappa shape index (κ1) is 18.1. The van der Waals surface area contributed by atoms with Crippen LogP contribution in [-0.4, -0.2) is 47.2 Å². The van der Waals surface area contributed by atoms with E-state index in [4.69, 9.17) is 9.72 Å². The number of nitrogens with one attached hydrogen (secondary N) is 1. The second-order valence-electron chi connectivity index (χ2n) is 6.74.